The van der Waals surface area contributed by atoms with E-state index in [1.807, 2.05) is 13.8 Å². The normalized spacial score (nSPS) is 14.7. The molecular weight excluding hydrogens is 256 g/mol. The molecule has 1 aliphatic rings. The molecule has 0 saturated carbocycles. The van der Waals surface area contributed by atoms with Crippen molar-refractivity contribution in [1.29, 1.82) is 0 Å². The molecule has 1 aliphatic heterocycles. The summed E-state index contributed by atoms with van der Waals surface area (Å²) >= 11 is 0. The summed E-state index contributed by atoms with van der Waals surface area (Å²) in [7, 11) is 0. The molecule has 0 aromatic heterocycles. The van der Waals surface area contributed by atoms with Gasteiger partial charge in [0.05, 0.1) is 11.1 Å². The van der Waals surface area contributed by atoms with Gasteiger partial charge in [-0.2, -0.15) is 0 Å². The van der Waals surface area contributed by atoms with Crippen molar-refractivity contribution in [3.8, 4) is 0 Å². The minimum Gasteiger partial charge on any atom is -0.266 e. The minimum absolute atomic E-state index is 0.335. The highest BCUT2D eigenvalue weighted by molar-refractivity contribution is 6.20. The molecule has 1 aromatic carbocycles. The van der Waals surface area contributed by atoms with Crippen molar-refractivity contribution < 1.29 is 14.4 Å². The van der Waals surface area contributed by atoms with Crippen LogP contribution in [0, 0.1) is 0 Å². The molecule has 0 atom stereocenters. The van der Waals surface area contributed by atoms with E-state index in [9.17, 15) is 9.59 Å². The first-order chi connectivity index (χ1) is 9.69. The van der Waals surface area contributed by atoms with Gasteiger partial charge in [0, 0.05) is 11.2 Å². The molecule has 2 rings (SSSR count). The zero-order valence-corrected chi connectivity index (χ0v) is 11.8. The number of azo groups is 1. The van der Waals surface area contributed by atoms with Crippen LogP contribution in [0.4, 0.5) is 0 Å². The van der Waals surface area contributed by atoms with Crippen molar-refractivity contribution in [1.82, 2.24) is 10.5 Å². The molecule has 20 heavy (non-hydrogen) atoms. The second-order valence-corrected chi connectivity index (χ2v) is 4.58. The molecule has 0 saturated heterocycles. The smallest absolute Gasteiger partial charge is 0.266 e. The van der Waals surface area contributed by atoms with Crippen LogP contribution in [0.5, 0.6) is 0 Å². The third kappa shape index (κ3) is 2.68. The number of nitrogens with zero attached hydrogens (tertiary/aromatic N) is 3. The van der Waals surface area contributed by atoms with Gasteiger partial charge < -0.3 is 0 Å². The SMILES string of the molecule is CCCN=[N+](CCC)NN1C(=O)c2ccccc2C1=O. The summed E-state index contributed by atoms with van der Waals surface area (Å²) in [6.45, 7) is 5.32. The van der Waals surface area contributed by atoms with Crippen molar-refractivity contribution in [3.63, 3.8) is 0 Å². The Labute approximate surface area is 118 Å². The lowest BCUT2D eigenvalue weighted by atomic mass is 10.1. The number of nitrogens with one attached hydrogen (secondary N) is 1. The van der Waals surface area contributed by atoms with Crippen molar-refractivity contribution in [2.45, 2.75) is 26.7 Å². The fraction of sp³-hybridized carbons (Fsp3) is 0.429. The average molecular weight is 275 g/mol. The van der Waals surface area contributed by atoms with E-state index in [1.54, 1.807) is 29.1 Å². The molecule has 0 aliphatic carbocycles. The van der Waals surface area contributed by atoms with Crippen LogP contribution in [-0.4, -0.2) is 34.7 Å². The Morgan fingerprint density at radius 3 is 2.20 bits per heavy atom. The second kappa shape index (κ2) is 6.27. The first-order valence-corrected chi connectivity index (χ1v) is 6.88. The zero-order chi connectivity index (χ0) is 14.5. The molecule has 1 heterocycles. The summed E-state index contributed by atoms with van der Waals surface area (Å²) < 4.78 is 0. The number of benzene rings is 1. The van der Waals surface area contributed by atoms with Gasteiger partial charge >= 0.3 is 0 Å². The molecule has 0 bridgehead atoms. The lowest BCUT2D eigenvalue weighted by molar-refractivity contribution is -0.668. The van der Waals surface area contributed by atoms with E-state index in [0.29, 0.717) is 24.2 Å². The molecule has 0 spiro atoms. The molecule has 1 aromatic rings. The maximum Gasteiger partial charge on any atom is 0.284 e. The van der Waals surface area contributed by atoms with Gasteiger partial charge in [-0.05, 0) is 23.7 Å². The van der Waals surface area contributed by atoms with E-state index in [2.05, 4.69) is 10.6 Å². The Balaban J connectivity index is 2.18. The van der Waals surface area contributed by atoms with Crippen molar-refractivity contribution in [2.24, 2.45) is 5.11 Å². The van der Waals surface area contributed by atoms with Crippen LogP contribution in [0.1, 0.15) is 47.4 Å². The number of imide groups is 1. The summed E-state index contributed by atoms with van der Waals surface area (Å²) in [5.41, 5.74) is 3.65. The topological polar surface area (TPSA) is 64.8 Å². The Morgan fingerprint density at radius 1 is 1.10 bits per heavy atom. The fourth-order valence-electron chi connectivity index (χ4n) is 1.98. The molecule has 0 radical (unpaired) electrons. The predicted octanol–water partition coefficient (Wildman–Crippen LogP) is 1.99. The van der Waals surface area contributed by atoms with Gasteiger partial charge in [0.25, 0.3) is 11.8 Å². The van der Waals surface area contributed by atoms with Crippen molar-refractivity contribution in [2.75, 3.05) is 13.1 Å². The van der Waals surface area contributed by atoms with Gasteiger partial charge in [-0.1, -0.05) is 31.5 Å². The van der Waals surface area contributed by atoms with E-state index in [1.165, 1.54) is 0 Å². The Morgan fingerprint density at radius 2 is 1.70 bits per heavy atom. The van der Waals surface area contributed by atoms with Gasteiger partial charge in [-0.15, -0.1) is 5.01 Å². The van der Waals surface area contributed by atoms with Crippen LogP contribution in [0.25, 0.3) is 0 Å². The summed E-state index contributed by atoms with van der Waals surface area (Å²) in [5, 5.41) is 5.33. The van der Waals surface area contributed by atoms with E-state index < -0.39 is 0 Å². The molecule has 0 fully saturated rings. The number of carbonyl (C=O) groups excluding carboxylic acids is 2. The molecule has 106 valence electrons. The number of rotatable bonds is 6. The van der Waals surface area contributed by atoms with Crippen LogP contribution in [-0.2, 0) is 0 Å². The standard InChI is InChI=1S/C14H19N4O2/c1-3-9-15-17(10-4-2)16-18-13(19)11-7-5-6-8-12(11)14(18)20/h5-8H,3-4,9-10H2,1-2H3,(H,15,16)/q+1. The first-order valence-electron chi connectivity index (χ1n) is 6.88. The van der Waals surface area contributed by atoms with Gasteiger partial charge in [-0.25, -0.2) is 0 Å². The number of hydrogen-bond donors (Lipinski definition) is 1. The van der Waals surface area contributed by atoms with Crippen LogP contribution in [0.15, 0.2) is 29.4 Å². The summed E-state index contributed by atoms with van der Waals surface area (Å²) in [6.07, 6.45) is 1.77. The molecular formula is C14H19N4O2+. The Bertz CT molecular complexity index is 519. The highest BCUT2D eigenvalue weighted by Crippen LogP contribution is 2.20. The Hall–Kier alpha value is -2.24. The quantitative estimate of drug-likeness (QED) is 0.374. The third-order valence-corrected chi connectivity index (χ3v) is 2.94. The third-order valence-electron chi connectivity index (χ3n) is 2.94. The summed E-state index contributed by atoms with van der Waals surface area (Å²) in [6, 6.07) is 6.81. The van der Waals surface area contributed by atoms with Crippen molar-refractivity contribution >= 4 is 11.8 Å². The largest absolute Gasteiger partial charge is 0.284 e. The van der Waals surface area contributed by atoms with Gasteiger partial charge in [0.15, 0.2) is 0 Å². The number of hydrogen-bond acceptors (Lipinski definition) is 3. The zero-order valence-electron chi connectivity index (χ0n) is 11.8. The molecule has 2 amide bonds. The maximum absolute atomic E-state index is 12.2. The van der Waals surface area contributed by atoms with E-state index in [0.717, 1.165) is 17.9 Å². The highest BCUT2D eigenvalue weighted by Gasteiger charge is 2.38. The fourth-order valence-corrected chi connectivity index (χ4v) is 1.98. The maximum atomic E-state index is 12.2. The first kappa shape index (κ1) is 14.2. The average Bonchev–Trinajstić information content (AvgIpc) is 2.70. The number of hydrazine groups is 2. The lowest BCUT2D eigenvalue weighted by Crippen LogP contribution is -2.48. The monoisotopic (exact) mass is 275 g/mol. The summed E-state index contributed by atoms with van der Waals surface area (Å²) in [4.78, 5) is 26.0. The van der Waals surface area contributed by atoms with Crippen LogP contribution < -0.4 is 5.53 Å². The van der Waals surface area contributed by atoms with E-state index >= 15 is 0 Å². The number of amides is 2. The molecule has 1 N–H and O–H groups in total. The Kier molecular flexibility index (Phi) is 4.45. The molecule has 6 heteroatoms. The number of fused-ring (bicyclic) bond motifs is 1. The van der Waals surface area contributed by atoms with Gasteiger partial charge in [0.1, 0.15) is 6.54 Å². The van der Waals surface area contributed by atoms with Crippen molar-refractivity contribution in [3.05, 3.63) is 35.4 Å². The molecule has 0 unspecified atom stereocenters. The minimum atomic E-state index is -0.335. The lowest BCUT2D eigenvalue weighted by Gasteiger charge is -2.11. The van der Waals surface area contributed by atoms with E-state index in [-0.39, 0.29) is 11.8 Å². The van der Waals surface area contributed by atoms with Gasteiger partial charge in [-0.3, -0.25) is 9.59 Å². The van der Waals surface area contributed by atoms with Crippen LogP contribution in [0.3, 0.4) is 0 Å². The van der Waals surface area contributed by atoms with E-state index in [4.69, 9.17) is 0 Å². The second-order valence-electron chi connectivity index (χ2n) is 4.58. The van der Waals surface area contributed by atoms with Crippen LogP contribution >= 0.6 is 0 Å². The van der Waals surface area contributed by atoms with Gasteiger partial charge in [0.2, 0.25) is 6.54 Å². The highest BCUT2D eigenvalue weighted by atomic mass is 16.2. The van der Waals surface area contributed by atoms with Crippen LogP contribution in [0.2, 0.25) is 0 Å². The summed E-state index contributed by atoms with van der Waals surface area (Å²) in [5.74, 6) is -0.670. The predicted molar refractivity (Wildman–Crippen MR) is 73.1 cm³/mol. The molecule has 6 nitrogen and oxygen atoms in total. The number of carbonyl (C=O) groups is 2.